The molecular formula is C14H23NO. The fourth-order valence-electron chi connectivity index (χ4n) is 1.47. The van der Waals surface area contributed by atoms with Crippen molar-refractivity contribution < 1.29 is 5.11 Å². The lowest BCUT2D eigenvalue weighted by Gasteiger charge is -2.24. The van der Waals surface area contributed by atoms with Gasteiger partial charge in [0.25, 0.3) is 0 Å². The zero-order valence-corrected chi connectivity index (χ0v) is 10.7. The van der Waals surface area contributed by atoms with Crippen molar-refractivity contribution in [1.29, 1.82) is 0 Å². The molecule has 90 valence electrons. The summed E-state index contributed by atoms with van der Waals surface area (Å²) in [4.78, 5) is 0. The summed E-state index contributed by atoms with van der Waals surface area (Å²) in [6.07, 6.45) is 0.765. The van der Waals surface area contributed by atoms with E-state index in [1.807, 2.05) is 13.8 Å². The van der Waals surface area contributed by atoms with Crippen LogP contribution in [0.2, 0.25) is 0 Å². The molecule has 0 fully saturated rings. The normalized spacial score (nSPS) is 16.8. The molecule has 0 saturated heterocycles. The topological polar surface area (TPSA) is 32.3 Å². The molecule has 0 radical (unpaired) electrons. The van der Waals surface area contributed by atoms with Crippen LogP contribution in [0.1, 0.15) is 44.4 Å². The molecule has 2 heteroatoms. The van der Waals surface area contributed by atoms with Crippen LogP contribution in [0.4, 0.5) is 0 Å². The number of benzene rings is 1. The van der Waals surface area contributed by atoms with Gasteiger partial charge >= 0.3 is 0 Å². The Morgan fingerprint density at radius 2 is 1.88 bits per heavy atom. The average Bonchev–Trinajstić information content (AvgIpc) is 2.27. The summed E-state index contributed by atoms with van der Waals surface area (Å²) in [5.41, 5.74) is 1.92. The van der Waals surface area contributed by atoms with Gasteiger partial charge in [0.2, 0.25) is 0 Å². The highest BCUT2D eigenvalue weighted by Crippen LogP contribution is 2.15. The van der Waals surface area contributed by atoms with E-state index in [0.29, 0.717) is 6.54 Å². The molecule has 0 aliphatic rings. The molecule has 16 heavy (non-hydrogen) atoms. The van der Waals surface area contributed by atoms with E-state index in [9.17, 15) is 5.11 Å². The maximum Gasteiger partial charge on any atom is 0.0741 e. The second kappa shape index (κ2) is 5.46. The van der Waals surface area contributed by atoms with Crippen molar-refractivity contribution in [1.82, 2.24) is 5.32 Å². The highest BCUT2D eigenvalue weighted by Gasteiger charge is 2.18. The minimum absolute atomic E-state index is 0.277. The lowest BCUT2D eigenvalue weighted by atomic mass is 10.0. The predicted molar refractivity (Wildman–Crippen MR) is 68.5 cm³/mol. The van der Waals surface area contributed by atoms with Crippen molar-refractivity contribution in [3.05, 3.63) is 35.4 Å². The van der Waals surface area contributed by atoms with E-state index in [0.717, 1.165) is 6.42 Å². The fraction of sp³-hybridized carbons (Fsp3) is 0.571. The summed E-state index contributed by atoms with van der Waals surface area (Å²) < 4.78 is 0. The quantitative estimate of drug-likeness (QED) is 0.801. The predicted octanol–water partition coefficient (Wildman–Crippen LogP) is 2.81. The Hall–Kier alpha value is -0.860. The van der Waals surface area contributed by atoms with Crippen molar-refractivity contribution in [2.24, 2.45) is 0 Å². The SMILES string of the molecule is CCC(C)(O)CNC(C)c1ccc(C)cc1. The van der Waals surface area contributed by atoms with Crippen LogP contribution < -0.4 is 5.32 Å². The van der Waals surface area contributed by atoms with E-state index in [-0.39, 0.29) is 6.04 Å². The second-order valence-corrected chi connectivity index (χ2v) is 4.86. The molecule has 2 unspecified atom stereocenters. The van der Waals surface area contributed by atoms with Gasteiger partial charge in [-0.05, 0) is 32.8 Å². The van der Waals surface area contributed by atoms with Crippen LogP contribution in [0.3, 0.4) is 0 Å². The van der Waals surface area contributed by atoms with Gasteiger partial charge in [-0.25, -0.2) is 0 Å². The highest BCUT2D eigenvalue weighted by molar-refractivity contribution is 5.23. The number of rotatable bonds is 5. The van der Waals surface area contributed by atoms with E-state index < -0.39 is 5.60 Å². The van der Waals surface area contributed by atoms with E-state index >= 15 is 0 Å². The Morgan fingerprint density at radius 1 is 1.31 bits per heavy atom. The monoisotopic (exact) mass is 221 g/mol. The minimum atomic E-state index is -0.612. The lowest BCUT2D eigenvalue weighted by Crippen LogP contribution is -2.38. The third-order valence-electron chi connectivity index (χ3n) is 3.13. The van der Waals surface area contributed by atoms with Gasteiger partial charge < -0.3 is 10.4 Å². The Labute approximate surface area is 98.7 Å². The van der Waals surface area contributed by atoms with E-state index in [1.54, 1.807) is 0 Å². The maximum absolute atomic E-state index is 9.90. The van der Waals surface area contributed by atoms with Gasteiger partial charge in [-0.3, -0.25) is 0 Å². The zero-order valence-electron chi connectivity index (χ0n) is 10.7. The van der Waals surface area contributed by atoms with Crippen molar-refractivity contribution in [3.8, 4) is 0 Å². The summed E-state index contributed by atoms with van der Waals surface area (Å²) in [5.74, 6) is 0. The largest absolute Gasteiger partial charge is 0.389 e. The molecule has 1 rings (SSSR count). The smallest absolute Gasteiger partial charge is 0.0741 e. The summed E-state index contributed by atoms with van der Waals surface area (Å²) in [5, 5.41) is 13.3. The molecule has 0 saturated carbocycles. The van der Waals surface area contributed by atoms with Gasteiger partial charge in [-0.1, -0.05) is 36.8 Å². The summed E-state index contributed by atoms with van der Waals surface area (Å²) in [6.45, 7) is 8.69. The number of nitrogens with one attached hydrogen (secondary N) is 1. The number of hydrogen-bond acceptors (Lipinski definition) is 2. The highest BCUT2D eigenvalue weighted by atomic mass is 16.3. The Balaban J connectivity index is 2.53. The molecule has 2 nitrogen and oxygen atoms in total. The molecule has 0 heterocycles. The number of aryl methyl sites for hydroxylation is 1. The van der Waals surface area contributed by atoms with Gasteiger partial charge in [-0.2, -0.15) is 0 Å². The van der Waals surface area contributed by atoms with Crippen molar-refractivity contribution in [2.75, 3.05) is 6.54 Å². The Morgan fingerprint density at radius 3 is 2.38 bits per heavy atom. The van der Waals surface area contributed by atoms with Crippen LogP contribution in [0.15, 0.2) is 24.3 Å². The van der Waals surface area contributed by atoms with Gasteiger partial charge in [0.15, 0.2) is 0 Å². The number of aliphatic hydroxyl groups is 1. The van der Waals surface area contributed by atoms with Crippen LogP contribution in [0, 0.1) is 6.92 Å². The van der Waals surface area contributed by atoms with Crippen LogP contribution >= 0.6 is 0 Å². The third-order valence-corrected chi connectivity index (χ3v) is 3.13. The van der Waals surface area contributed by atoms with Gasteiger partial charge in [-0.15, -0.1) is 0 Å². The average molecular weight is 221 g/mol. The molecule has 0 aliphatic heterocycles. The summed E-state index contributed by atoms with van der Waals surface area (Å²) in [6, 6.07) is 8.77. The molecule has 1 aromatic rings. The standard InChI is InChI=1S/C14H23NO/c1-5-14(4,16)10-15-12(3)13-8-6-11(2)7-9-13/h6-9,12,15-16H,5,10H2,1-4H3. The van der Waals surface area contributed by atoms with Crippen LogP contribution in [0.25, 0.3) is 0 Å². The van der Waals surface area contributed by atoms with Crippen molar-refractivity contribution >= 4 is 0 Å². The van der Waals surface area contributed by atoms with Crippen LogP contribution in [-0.4, -0.2) is 17.3 Å². The first-order chi connectivity index (χ1) is 7.44. The molecule has 1 aromatic carbocycles. The Bertz CT molecular complexity index is 316. The summed E-state index contributed by atoms with van der Waals surface area (Å²) in [7, 11) is 0. The lowest BCUT2D eigenvalue weighted by molar-refractivity contribution is 0.0533. The van der Waals surface area contributed by atoms with Gasteiger partial charge in [0, 0.05) is 12.6 Å². The fourth-order valence-corrected chi connectivity index (χ4v) is 1.47. The molecular weight excluding hydrogens is 198 g/mol. The molecule has 2 N–H and O–H groups in total. The zero-order chi connectivity index (χ0) is 12.2. The van der Waals surface area contributed by atoms with Crippen molar-refractivity contribution in [3.63, 3.8) is 0 Å². The van der Waals surface area contributed by atoms with Gasteiger partial charge in [0.1, 0.15) is 0 Å². The second-order valence-electron chi connectivity index (χ2n) is 4.86. The van der Waals surface area contributed by atoms with E-state index in [2.05, 4.69) is 43.4 Å². The number of hydrogen-bond donors (Lipinski definition) is 2. The molecule has 0 bridgehead atoms. The molecule has 0 aromatic heterocycles. The first-order valence-corrected chi connectivity index (χ1v) is 5.97. The molecule has 0 spiro atoms. The van der Waals surface area contributed by atoms with Crippen molar-refractivity contribution in [2.45, 2.75) is 45.8 Å². The first-order valence-electron chi connectivity index (χ1n) is 5.97. The van der Waals surface area contributed by atoms with Gasteiger partial charge in [0.05, 0.1) is 5.60 Å². The minimum Gasteiger partial charge on any atom is -0.389 e. The van der Waals surface area contributed by atoms with E-state index in [4.69, 9.17) is 0 Å². The first kappa shape index (κ1) is 13.2. The van der Waals surface area contributed by atoms with E-state index in [1.165, 1.54) is 11.1 Å². The third kappa shape index (κ3) is 3.95. The maximum atomic E-state index is 9.90. The van der Waals surface area contributed by atoms with Crippen LogP contribution in [0.5, 0.6) is 0 Å². The van der Waals surface area contributed by atoms with Crippen LogP contribution in [-0.2, 0) is 0 Å². The Kier molecular flexibility index (Phi) is 4.51. The molecule has 0 amide bonds. The summed E-state index contributed by atoms with van der Waals surface area (Å²) >= 11 is 0. The molecule has 0 aliphatic carbocycles. The molecule has 2 atom stereocenters.